The van der Waals surface area contributed by atoms with E-state index in [0.717, 1.165) is 23.5 Å². The Bertz CT molecular complexity index is 505. The van der Waals surface area contributed by atoms with Crippen LogP contribution in [-0.2, 0) is 26.4 Å². The average molecular weight is 233 g/mol. The summed E-state index contributed by atoms with van der Waals surface area (Å²) in [5.41, 5.74) is 7.37. The van der Waals surface area contributed by atoms with E-state index in [2.05, 4.69) is 4.98 Å². The molecule has 0 unspecified atom stereocenters. The molecule has 0 atom stereocenters. The molecule has 0 aliphatic carbocycles. The molecule has 0 saturated heterocycles. The Labute approximate surface area is 100 Å². The summed E-state index contributed by atoms with van der Waals surface area (Å²) < 4.78 is 15.4. The zero-order chi connectivity index (χ0) is 12.3. The van der Waals surface area contributed by atoms with Crippen molar-refractivity contribution >= 4 is 0 Å². The first kappa shape index (κ1) is 11.8. The van der Waals surface area contributed by atoms with Crippen molar-refractivity contribution in [3.63, 3.8) is 0 Å². The predicted octanol–water partition coefficient (Wildman–Crippen LogP) is 1.80. The van der Waals surface area contributed by atoms with Gasteiger partial charge in [-0.15, -0.1) is 0 Å². The molecule has 1 heterocycles. The van der Waals surface area contributed by atoms with Crippen LogP contribution in [0.1, 0.15) is 17.1 Å². The molecule has 2 rings (SSSR count). The summed E-state index contributed by atoms with van der Waals surface area (Å²) in [6.07, 6.45) is 3.25. The van der Waals surface area contributed by atoms with E-state index in [4.69, 9.17) is 5.73 Å². The van der Waals surface area contributed by atoms with Crippen LogP contribution in [0.4, 0.5) is 4.39 Å². The van der Waals surface area contributed by atoms with Gasteiger partial charge in [-0.2, -0.15) is 0 Å². The Hall–Kier alpha value is -1.68. The molecule has 4 heteroatoms. The fourth-order valence-electron chi connectivity index (χ4n) is 1.87. The van der Waals surface area contributed by atoms with Gasteiger partial charge < -0.3 is 10.3 Å². The minimum Gasteiger partial charge on any atom is -0.334 e. The Kier molecular flexibility index (Phi) is 3.54. The molecule has 0 saturated carbocycles. The predicted molar refractivity (Wildman–Crippen MR) is 64.9 cm³/mol. The molecule has 0 bridgehead atoms. The van der Waals surface area contributed by atoms with Gasteiger partial charge in [0.05, 0.1) is 6.54 Å². The molecule has 2 N–H and O–H groups in total. The van der Waals surface area contributed by atoms with Crippen molar-refractivity contribution < 1.29 is 4.39 Å². The summed E-state index contributed by atoms with van der Waals surface area (Å²) in [5.74, 6) is 0.710. The first-order valence-electron chi connectivity index (χ1n) is 5.65. The lowest BCUT2D eigenvalue weighted by atomic mass is 10.1. The highest BCUT2D eigenvalue weighted by Crippen LogP contribution is 2.11. The van der Waals surface area contributed by atoms with Crippen LogP contribution in [-0.4, -0.2) is 9.55 Å². The van der Waals surface area contributed by atoms with Gasteiger partial charge in [-0.25, -0.2) is 9.37 Å². The SMILES string of the molecule is Cn1c(CCc2ccccc2F)cnc1CN. The number of hydrogen-bond acceptors (Lipinski definition) is 2. The van der Waals surface area contributed by atoms with E-state index in [9.17, 15) is 4.39 Å². The minimum atomic E-state index is -0.145. The van der Waals surface area contributed by atoms with Gasteiger partial charge in [0, 0.05) is 18.9 Å². The van der Waals surface area contributed by atoms with E-state index in [1.54, 1.807) is 6.07 Å². The van der Waals surface area contributed by atoms with Gasteiger partial charge in [0.1, 0.15) is 11.6 Å². The Morgan fingerprint density at radius 1 is 1.29 bits per heavy atom. The number of hydrogen-bond donors (Lipinski definition) is 1. The number of aromatic nitrogens is 2. The van der Waals surface area contributed by atoms with Crippen LogP contribution in [0.2, 0.25) is 0 Å². The van der Waals surface area contributed by atoms with E-state index in [1.165, 1.54) is 6.07 Å². The highest BCUT2D eigenvalue weighted by Gasteiger charge is 2.06. The van der Waals surface area contributed by atoms with Crippen LogP contribution in [0.15, 0.2) is 30.5 Å². The van der Waals surface area contributed by atoms with Gasteiger partial charge in [0.15, 0.2) is 0 Å². The van der Waals surface area contributed by atoms with E-state index in [-0.39, 0.29) is 5.82 Å². The number of halogens is 1. The van der Waals surface area contributed by atoms with Crippen LogP contribution < -0.4 is 5.73 Å². The molecule has 2 aromatic rings. The van der Waals surface area contributed by atoms with E-state index in [0.29, 0.717) is 13.0 Å². The quantitative estimate of drug-likeness (QED) is 0.875. The third-order valence-corrected chi connectivity index (χ3v) is 2.97. The van der Waals surface area contributed by atoms with Gasteiger partial charge in [-0.05, 0) is 24.5 Å². The number of nitrogens with zero attached hydrogens (tertiary/aromatic N) is 2. The van der Waals surface area contributed by atoms with Crippen molar-refractivity contribution in [2.24, 2.45) is 12.8 Å². The fourth-order valence-corrected chi connectivity index (χ4v) is 1.87. The van der Waals surface area contributed by atoms with Crippen LogP contribution >= 0.6 is 0 Å². The maximum absolute atomic E-state index is 13.4. The molecule has 17 heavy (non-hydrogen) atoms. The van der Waals surface area contributed by atoms with Crippen molar-refractivity contribution in [2.75, 3.05) is 0 Å². The molecule has 0 aliphatic heterocycles. The Morgan fingerprint density at radius 3 is 2.71 bits per heavy atom. The number of rotatable bonds is 4. The minimum absolute atomic E-state index is 0.145. The van der Waals surface area contributed by atoms with Gasteiger partial charge in [0.25, 0.3) is 0 Å². The summed E-state index contributed by atoms with van der Waals surface area (Å²) in [6.45, 7) is 0.427. The average Bonchev–Trinajstić information content (AvgIpc) is 2.69. The van der Waals surface area contributed by atoms with E-state index >= 15 is 0 Å². The molecule has 0 fully saturated rings. The van der Waals surface area contributed by atoms with Crippen molar-refractivity contribution in [3.05, 3.63) is 53.4 Å². The lowest BCUT2D eigenvalue weighted by Crippen LogP contribution is -2.07. The number of imidazole rings is 1. The van der Waals surface area contributed by atoms with Crippen LogP contribution in [0.25, 0.3) is 0 Å². The van der Waals surface area contributed by atoms with Crippen molar-refractivity contribution in [1.29, 1.82) is 0 Å². The van der Waals surface area contributed by atoms with Crippen molar-refractivity contribution in [1.82, 2.24) is 9.55 Å². The maximum atomic E-state index is 13.4. The van der Waals surface area contributed by atoms with Gasteiger partial charge in [-0.1, -0.05) is 18.2 Å². The Morgan fingerprint density at radius 2 is 2.06 bits per heavy atom. The largest absolute Gasteiger partial charge is 0.334 e. The maximum Gasteiger partial charge on any atom is 0.126 e. The Balaban J connectivity index is 2.07. The monoisotopic (exact) mass is 233 g/mol. The molecule has 0 spiro atoms. The molecule has 1 aromatic carbocycles. The summed E-state index contributed by atoms with van der Waals surface area (Å²) in [5, 5.41) is 0. The zero-order valence-corrected chi connectivity index (χ0v) is 9.86. The third kappa shape index (κ3) is 2.53. The van der Waals surface area contributed by atoms with Crippen LogP contribution in [0.5, 0.6) is 0 Å². The molecular weight excluding hydrogens is 217 g/mol. The highest BCUT2D eigenvalue weighted by atomic mass is 19.1. The topological polar surface area (TPSA) is 43.8 Å². The molecule has 0 radical (unpaired) electrons. The van der Waals surface area contributed by atoms with Gasteiger partial charge >= 0.3 is 0 Å². The molecule has 0 amide bonds. The smallest absolute Gasteiger partial charge is 0.126 e. The van der Waals surface area contributed by atoms with E-state index < -0.39 is 0 Å². The molecule has 1 aromatic heterocycles. The van der Waals surface area contributed by atoms with Crippen LogP contribution in [0.3, 0.4) is 0 Å². The summed E-state index contributed by atoms with van der Waals surface area (Å²) in [4.78, 5) is 4.21. The summed E-state index contributed by atoms with van der Waals surface area (Å²) in [6, 6.07) is 6.86. The second-order valence-corrected chi connectivity index (χ2v) is 4.02. The zero-order valence-electron chi connectivity index (χ0n) is 9.86. The van der Waals surface area contributed by atoms with Crippen molar-refractivity contribution in [2.45, 2.75) is 19.4 Å². The second-order valence-electron chi connectivity index (χ2n) is 4.02. The summed E-state index contributed by atoms with van der Waals surface area (Å²) >= 11 is 0. The molecule has 90 valence electrons. The number of nitrogens with two attached hydrogens (primary N) is 1. The lowest BCUT2D eigenvalue weighted by molar-refractivity contribution is 0.606. The first-order valence-corrected chi connectivity index (χ1v) is 5.65. The third-order valence-electron chi connectivity index (χ3n) is 2.97. The number of aryl methyl sites for hydroxylation is 2. The van der Waals surface area contributed by atoms with E-state index in [1.807, 2.05) is 29.9 Å². The first-order chi connectivity index (χ1) is 8.22. The van der Waals surface area contributed by atoms with Crippen LogP contribution in [0, 0.1) is 5.82 Å². The molecule has 0 aliphatic rings. The van der Waals surface area contributed by atoms with Gasteiger partial charge in [0.2, 0.25) is 0 Å². The normalized spacial score (nSPS) is 10.8. The lowest BCUT2D eigenvalue weighted by Gasteiger charge is -2.05. The van der Waals surface area contributed by atoms with Crippen molar-refractivity contribution in [3.8, 4) is 0 Å². The molecular formula is C13H16FN3. The van der Waals surface area contributed by atoms with Gasteiger partial charge in [-0.3, -0.25) is 0 Å². The second kappa shape index (κ2) is 5.10. The highest BCUT2D eigenvalue weighted by molar-refractivity contribution is 5.19. The standard InChI is InChI=1S/C13H16FN3/c1-17-11(9-16-13(17)8-15)7-6-10-4-2-3-5-12(10)14/h2-5,9H,6-8,15H2,1H3. The number of benzene rings is 1. The summed E-state index contributed by atoms with van der Waals surface area (Å²) in [7, 11) is 1.94. The fraction of sp³-hybridized carbons (Fsp3) is 0.308. The molecule has 3 nitrogen and oxygen atoms in total.